The van der Waals surface area contributed by atoms with Crippen LogP contribution in [0.3, 0.4) is 0 Å². The van der Waals surface area contributed by atoms with Crippen molar-refractivity contribution >= 4 is 23.7 Å². The highest BCUT2D eigenvalue weighted by molar-refractivity contribution is 6.08. The molecule has 0 bridgehead atoms. The van der Waals surface area contributed by atoms with Gasteiger partial charge in [-0.3, -0.25) is 9.59 Å². The number of piperidine rings is 1. The van der Waals surface area contributed by atoms with Crippen molar-refractivity contribution in [3.05, 3.63) is 53.5 Å². The van der Waals surface area contributed by atoms with Crippen LogP contribution in [0.25, 0.3) is 0 Å². The van der Waals surface area contributed by atoms with Gasteiger partial charge in [-0.2, -0.15) is 0 Å². The highest BCUT2D eigenvalue weighted by Gasteiger charge is 2.27. The lowest BCUT2D eigenvalue weighted by Gasteiger charge is -2.34. The molecular formula is C23H30N6O3. The molecule has 0 aliphatic carbocycles. The molecule has 0 atom stereocenters. The van der Waals surface area contributed by atoms with Crippen LogP contribution in [0.15, 0.2) is 36.7 Å². The lowest BCUT2D eigenvalue weighted by atomic mass is 10.0. The summed E-state index contributed by atoms with van der Waals surface area (Å²) in [5, 5.41) is 8.61. The van der Waals surface area contributed by atoms with Gasteiger partial charge in [0.1, 0.15) is 0 Å². The zero-order valence-corrected chi connectivity index (χ0v) is 18.9. The summed E-state index contributed by atoms with van der Waals surface area (Å²) < 4.78 is 0. The van der Waals surface area contributed by atoms with Gasteiger partial charge in [-0.25, -0.2) is 14.8 Å². The summed E-state index contributed by atoms with van der Waals surface area (Å²) in [6.45, 7) is 8.75. The van der Waals surface area contributed by atoms with Crippen LogP contribution in [-0.2, 0) is 0 Å². The van der Waals surface area contributed by atoms with E-state index in [2.05, 4.69) is 25.9 Å². The van der Waals surface area contributed by atoms with Crippen LogP contribution in [0.5, 0.6) is 0 Å². The fourth-order valence-electron chi connectivity index (χ4n) is 3.48. The van der Waals surface area contributed by atoms with Crippen LogP contribution in [0.2, 0.25) is 0 Å². The Morgan fingerprint density at radius 2 is 1.66 bits per heavy atom. The second kappa shape index (κ2) is 9.76. The summed E-state index contributed by atoms with van der Waals surface area (Å²) in [6.07, 6.45) is 4.11. The quantitative estimate of drug-likeness (QED) is 0.679. The maximum Gasteiger partial charge on any atom is 0.317 e. The van der Waals surface area contributed by atoms with Gasteiger partial charge in [-0.1, -0.05) is 18.2 Å². The Labute approximate surface area is 188 Å². The summed E-state index contributed by atoms with van der Waals surface area (Å²) in [5.74, 6) is -0.646. The van der Waals surface area contributed by atoms with Crippen molar-refractivity contribution in [1.82, 2.24) is 25.5 Å². The Bertz CT molecular complexity index is 993. The van der Waals surface area contributed by atoms with Gasteiger partial charge >= 0.3 is 6.03 Å². The molecule has 1 aliphatic rings. The van der Waals surface area contributed by atoms with Gasteiger partial charge in [0.15, 0.2) is 11.5 Å². The Morgan fingerprint density at radius 3 is 2.31 bits per heavy atom. The number of nitrogens with one attached hydrogen (secondary N) is 3. The Balaban J connectivity index is 1.60. The van der Waals surface area contributed by atoms with Gasteiger partial charge in [0.05, 0.1) is 0 Å². The van der Waals surface area contributed by atoms with Crippen LogP contribution in [-0.4, -0.2) is 57.4 Å². The van der Waals surface area contributed by atoms with Gasteiger partial charge in [0, 0.05) is 42.6 Å². The van der Waals surface area contributed by atoms with Crippen molar-refractivity contribution in [2.75, 3.05) is 18.4 Å². The third-order valence-corrected chi connectivity index (χ3v) is 5.13. The first kappa shape index (κ1) is 23.2. The summed E-state index contributed by atoms with van der Waals surface area (Å²) in [7, 11) is 0. The number of hydrogen-bond acceptors (Lipinski definition) is 5. The first-order valence-electron chi connectivity index (χ1n) is 10.7. The van der Waals surface area contributed by atoms with Crippen LogP contribution in [0, 0.1) is 6.92 Å². The van der Waals surface area contributed by atoms with Crippen LogP contribution in [0.4, 0.5) is 10.6 Å². The number of likely N-dealkylation sites (tertiary alicyclic amines) is 1. The van der Waals surface area contributed by atoms with Crippen LogP contribution >= 0.6 is 0 Å². The molecule has 4 amide bonds. The number of carbonyl (C=O) groups is 3. The maximum atomic E-state index is 12.9. The molecule has 1 aliphatic heterocycles. The first-order valence-corrected chi connectivity index (χ1v) is 10.7. The molecule has 0 saturated carbocycles. The number of urea groups is 1. The number of anilines is 1. The minimum Gasteiger partial charge on any atom is -0.348 e. The van der Waals surface area contributed by atoms with E-state index in [4.69, 9.17) is 0 Å². The largest absolute Gasteiger partial charge is 0.348 e. The van der Waals surface area contributed by atoms with Crippen molar-refractivity contribution in [2.24, 2.45) is 0 Å². The second-order valence-electron chi connectivity index (χ2n) is 8.94. The smallest absolute Gasteiger partial charge is 0.317 e. The van der Waals surface area contributed by atoms with E-state index in [-0.39, 0.29) is 35.0 Å². The molecule has 9 heteroatoms. The van der Waals surface area contributed by atoms with E-state index in [1.807, 2.05) is 39.8 Å². The number of benzene rings is 1. The maximum absolute atomic E-state index is 12.9. The molecule has 32 heavy (non-hydrogen) atoms. The average molecular weight is 439 g/mol. The molecule has 2 aromatic rings. The van der Waals surface area contributed by atoms with Crippen molar-refractivity contribution in [3.8, 4) is 0 Å². The Kier molecular flexibility index (Phi) is 7.07. The zero-order valence-electron chi connectivity index (χ0n) is 18.9. The summed E-state index contributed by atoms with van der Waals surface area (Å²) in [5.41, 5.74) is 1.09. The van der Waals surface area contributed by atoms with Gasteiger partial charge in [0.2, 0.25) is 0 Å². The minimum absolute atomic E-state index is 0.0577. The van der Waals surface area contributed by atoms with E-state index in [1.54, 1.807) is 17.0 Å². The molecular weight excluding hydrogens is 408 g/mol. The van der Waals surface area contributed by atoms with Crippen LogP contribution in [0.1, 0.15) is 60.0 Å². The number of rotatable bonds is 4. The highest BCUT2D eigenvalue weighted by atomic mass is 16.2. The number of carbonyl (C=O) groups excluding carboxylic acids is 3. The van der Waals surface area contributed by atoms with E-state index < -0.39 is 5.91 Å². The molecule has 0 radical (unpaired) electrons. The third-order valence-electron chi connectivity index (χ3n) is 5.13. The summed E-state index contributed by atoms with van der Waals surface area (Å²) in [6, 6.07) is 6.99. The minimum atomic E-state index is -0.407. The molecule has 3 N–H and O–H groups in total. The van der Waals surface area contributed by atoms with E-state index >= 15 is 0 Å². The van der Waals surface area contributed by atoms with Crippen molar-refractivity contribution in [1.29, 1.82) is 0 Å². The third kappa shape index (κ3) is 6.03. The second-order valence-corrected chi connectivity index (χ2v) is 8.94. The summed E-state index contributed by atoms with van der Waals surface area (Å²) >= 11 is 0. The predicted octanol–water partition coefficient (Wildman–Crippen LogP) is 2.74. The van der Waals surface area contributed by atoms with Gasteiger partial charge < -0.3 is 20.9 Å². The summed E-state index contributed by atoms with van der Waals surface area (Å²) in [4.78, 5) is 47.9. The fraction of sp³-hybridized carbons (Fsp3) is 0.435. The zero-order chi connectivity index (χ0) is 23.3. The normalized spacial score (nSPS) is 14.6. The first-order chi connectivity index (χ1) is 15.1. The fourth-order valence-corrected chi connectivity index (χ4v) is 3.48. The lowest BCUT2D eigenvalue weighted by molar-refractivity contribution is 0.0913. The van der Waals surface area contributed by atoms with E-state index in [1.165, 1.54) is 12.4 Å². The van der Waals surface area contributed by atoms with E-state index in [9.17, 15) is 14.4 Å². The van der Waals surface area contributed by atoms with Crippen LogP contribution < -0.4 is 16.0 Å². The number of nitrogens with zero attached hydrogens (tertiary/aromatic N) is 3. The van der Waals surface area contributed by atoms with Gasteiger partial charge in [0.25, 0.3) is 11.8 Å². The highest BCUT2D eigenvalue weighted by Crippen LogP contribution is 2.16. The lowest BCUT2D eigenvalue weighted by Crippen LogP contribution is -2.53. The Hall–Kier alpha value is -3.49. The molecule has 0 spiro atoms. The van der Waals surface area contributed by atoms with E-state index in [0.29, 0.717) is 31.5 Å². The monoisotopic (exact) mass is 438 g/mol. The standard InChI is InChI=1S/C23H30N6O3/c1-15-7-5-6-8-17(15)20(30)27-19-18(24-11-12-25-19)21(31)26-16-9-13-29(14-10-16)22(32)28-23(2,3)4/h5-8,11-12,16H,9-10,13-14H2,1-4H3,(H,26,31)(H,28,32)(H,25,27,30). The number of amides is 4. The molecule has 2 heterocycles. The number of hydrogen-bond donors (Lipinski definition) is 3. The van der Waals surface area contributed by atoms with Gasteiger partial charge in [-0.15, -0.1) is 0 Å². The number of aryl methyl sites for hydroxylation is 1. The van der Waals surface area contributed by atoms with E-state index in [0.717, 1.165) is 5.56 Å². The molecule has 1 saturated heterocycles. The predicted molar refractivity (Wildman–Crippen MR) is 122 cm³/mol. The molecule has 1 aromatic heterocycles. The topological polar surface area (TPSA) is 116 Å². The molecule has 170 valence electrons. The Morgan fingerprint density at radius 1 is 1.00 bits per heavy atom. The average Bonchev–Trinajstić information content (AvgIpc) is 2.73. The molecule has 0 unspecified atom stereocenters. The van der Waals surface area contributed by atoms with Crippen molar-refractivity contribution in [3.63, 3.8) is 0 Å². The van der Waals surface area contributed by atoms with Gasteiger partial charge in [-0.05, 0) is 52.2 Å². The SMILES string of the molecule is Cc1ccccc1C(=O)Nc1nccnc1C(=O)NC1CCN(C(=O)NC(C)(C)C)CC1. The van der Waals surface area contributed by atoms with Crippen molar-refractivity contribution in [2.45, 2.75) is 52.1 Å². The molecule has 1 aromatic carbocycles. The van der Waals surface area contributed by atoms with Crippen molar-refractivity contribution < 1.29 is 14.4 Å². The molecule has 1 fully saturated rings. The molecule has 3 rings (SSSR count). The molecule has 9 nitrogen and oxygen atoms in total. The number of aromatic nitrogens is 2.